The van der Waals surface area contributed by atoms with Crippen molar-refractivity contribution in [1.29, 1.82) is 0 Å². The first-order chi connectivity index (χ1) is 27.7. The van der Waals surface area contributed by atoms with Crippen LogP contribution in [0.3, 0.4) is 0 Å². The zero-order valence-electron chi connectivity index (χ0n) is 30.5. The van der Waals surface area contributed by atoms with Crippen LogP contribution in [0.1, 0.15) is 17.5 Å². The summed E-state index contributed by atoms with van der Waals surface area (Å²) in [4.78, 5) is 6.84. The molecule has 0 aliphatic heterocycles. The Kier molecular flexibility index (Phi) is 7.52. The van der Waals surface area contributed by atoms with Crippen LogP contribution < -0.4 is 4.90 Å². The molecule has 0 radical (unpaired) electrons. The average Bonchev–Trinajstić information content (AvgIpc) is 4.01. The van der Waals surface area contributed by atoms with Gasteiger partial charge in [-0.3, -0.25) is 4.98 Å². The molecule has 0 bridgehead atoms. The lowest BCUT2D eigenvalue weighted by atomic mass is 9.98. The number of para-hydroxylation sites is 1. The lowest BCUT2D eigenvalue weighted by Gasteiger charge is -2.26. The number of allylic oxidation sites excluding steroid dienone is 4. The molecular formula is C52H35N3O. The van der Waals surface area contributed by atoms with Gasteiger partial charge in [0.1, 0.15) is 11.3 Å². The van der Waals surface area contributed by atoms with E-state index in [0.29, 0.717) is 0 Å². The Labute approximate surface area is 324 Å². The fourth-order valence-electron chi connectivity index (χ4n) is 8.32. The summed E-state index contributed by atoms with van der Waals surface area (Å²) in [5, 5.41) is 4.89. The van der Waals surface area contributed by atoms with Crippen molar-refractivity contribution in [1.82, 2.24) is 9.55 Å². The van der Waals surface area contributed by atoms with Crippen LogP contribution >= 0.6 is 0 Å². The van der Waals surface area contributed by atoms with Crippen LogP contribution in [0.2, 0.25) is 0 Å². The number of pyridine rings is 1. The van der Waals surface area contributed by atoms with Crippen LogP contribution in [-0.2, 0) is 0 Å². The van der Waals surface area contributed by atoms with E-state index in [0.717, 1.165) is 51.6 Å². The number of furan rings is 1. The zero-order valence-corrected chi connectivity index (χ0v) is 30.5. The summed E-state index contributed by atoms with van der Waals surface area (Å²) in [5.41, 5.74) is 14.6. The quantitative estimate of drug-likeness (QED) is 0.165. The fourth-order valence-corrected chi connectivity index (χ4v) is 8.32. The van der Waals surface area contributed by atoms with Gasteiger partial charge < -0.3 is 13.9 Å². The first-order valence-electron chi connectivity index (χ1n) is 19.1. The molecule has 7 aromatic carbocycles. The summed E-state index contributed by atoms with van der Waals surface area (Å²) in [5.74, 6) is 0.803. The molecule has 0 spiro atoms. The molecule has 1 aliphatic rings. The van der Waals surface area contributed by atoms with Crippen molar-refractivity contribution in [3.8, 4) is 17.0 Å². The highest BCUT2D eigenvalue weighted by Crippen LogP contribution is 2.42. The van der Waals surface area contributed by atoms with Gasteiger partial charge in [-0.2, -0.15) is 0 Å². The lowest BCUT2D eigenvalue weighted by molar-refractivity contribution is 0.631. The van der Waals surface area contributed by atoms with Crippen LogP contribution in [-0.4, -0.2) is 9.55 Å². The van der Waals surface area contributed by atoms with Crippen molar-refractivity contribution in [2.45, 2.75) is 6.42 Å². The van der Waals surface area contributed by atoms with Gasteiger partial charge in [-0.05, 0) is 130 Å². The maximum Gasteiger partial charge on any atom is 0.153 e. The van der Waals surface area contributed by atoms with E-state index in [-0.39, 0.29) is 0 Å². The van der Waals surface area contributed by atoms with Gasteiger partial charge in [-0.1, -0.05) is 97.1 Å². The molecule has 56 heavy (non-hydrogen) atoms. The maximum atomic E-state index is 6.19. The second-order valence-corrected chi connectivity index (χ2v) is 14.4. The molecule has 10 aromatic rings. The molecule has 1 aliphatic carbocycles. The molecule has 11 rings (SSSR count). The lowest BCUT2D eigenvalue weighted by Crippen LogP contribution is -2.10. The first kappa shape index (κ1) is 32.0. The average molecular weight is 718 g/mol. The second-order valence-electron chi connectivity index (χ2n) is 14.4. The molecule has 0 unspecified atom stereocenters. The Morgan fingerprint density at radius 2 is 1.09 bits per heavy atom. The number of fused-ring (bicyclic) bond motifs is 5. The highest BCUT2D eigenvalue weighted by atomic mass is 16.3. The molecule has 3 heterocycles. The van der Waals surface area contributed by atoms with Crippen LogP contribution in [0.5, 0.6) is 0 Å². The molecule has 0 atom stereocenters. The summed E-state index contributed by atoms with van der Waals surface area (Å²) in [6.45, 7) is 0. The van der Waals surface area contributed by atoms with E-state index < -0.39 is 0 Å². The van der Waals surface area contributed by atoms with E-state index >= 15 is 0 Å². The Hall–Kier alpha value is -7.43. The number of hydrogen-bond donors (Lipinski definition) is 0. The minimum absolute atomic E-state index is 0.785. The predicted octanol–water partition coefficient (Wildman–Crippen LogP) is 14.1. The van der Waals surface area contributed by atoms with Crippen molar-refractivity contribution >= 4 is 71.9 Å². The summed E-state index contributed by atoms with van der Waals surface area (Å²) in [7, 11) is 0. The maximum absolute atomic E-state index is 6.19. The largest absolute Gasteiger partial charge is 0.454 e. The van der Waals surface area contributed by atoms with E-state index in [9.17, 15) is 0 Å². The Morgan fingerprint density at radius 3 is 1.80 bits per heavy atom. The number of nitrogens with zero attached hydrogens (tertiary/aromatic N) is 3. The monoisotopic (exact) mass is 717 g/mol. The summed E-state index contributed by atoms with van der Waals surface area (Å²) in [6.07, 6.45) is 7.24. The van der Waals surface area contributed by atoms with Gasteiger partial charge >= 0.3 is 0 Å². The number of rotatable bonds is 7. The van der Waals surface area contributed by atoms with Crippen molar-refractivity contribution in [2.75, 3.05) is 4.90 Å². The van der Waals surface area contributed by atoms with Crippen molar-refractivity contribution in [2.24, 2.45) is 0 Å². The molecular weight excluding hydrogens is 683 g/mol. The summed E-state index contributed by atoms with van der Waals surface area (Å²) in [6, 6.07) is 65.1. The molecule has 0 saturated heterocycles. The van der Waals surface area contributed by atoms with Crippen LogP contribution in [0.15, 0.2) is 205 Å². The van der Waals surface area contributed by atoms with E-state index in [4.69, 9.17) is 4.42 Å². The summed E-state index contributed by atoms with van der Waals surface area (Å²) < 4.78 is 8.58. The SMILES string of the molecule is C1=C(c2ccccc2)CC(c2ccc(N(c3ccc(-c4cc5ncccc5o4)cc3)c3ccc4c(c3)c3cc5ccccc5cc3n4-c3ccccc3)cc2)=C1. The van der Waals surface area contributed by atoms with Crippen LogP contribution in [0.25, 0.3) is 71.8 Å². The Morgan fingerprint density at radius 1 is 0.482 bits per heavy atom. The topological polar surface area (TPSA) is 34.2 Å². The van der Waals surface area contributed by atoms with E-state index in [1.54, 1.807) is 6.20 Å². The molecule has 3 aromatic heterocycles. The minimum atomic E-state index is 0.785. The summed E-state index contributed by atoms with van der Waals surface area (Å²) >= 11 is 0. The molecule has 0 fully saturated rings. The molecule has 4 nitrogen and oxygen atoms in total. The van der Waals surface area contributed by atoms with Gasteiger partial charge in [0.25, 0.3) is 0 Å². The molecule has 0 N–H and O–H groups in total. The standard InChI is InChI=1S/C52H35N3O/c1-3-10-35(11-4-1)40-17-18-41(30-40)36-19-23-43(24-20-36)54(44-25-21-37(22-26-44)52-34-48-51(56-52)16-9-29-53-48)45-27-28-49-47(33-45)46-31-38-12-7-8-13-39(38)32-50(46)55(49)42-14-5-2-6-15-42/h1-29,31-34H,30H2. The smallest absolute Gasteiger partial charge is 0.153 e. The van der Waals surface area contributed by atoms with Crippen molar-refractivity contribution in [3.63, 3.8) is 0 Å². The highest BCUT2D eigenvalue weighted by Gasteiger charge is 2.20. The molecule has 0 saturated carbocycles. The number of aromatic nitrogens is 2. The van der Waals surface area contributed by atoms with Gasteiger partial charge in [-0.15, -0.1) is 0 Å². The highest BCUT2D eigenvalue weighted by molar-refractivity contribution is 6.14. The van der Waals surface area contributed by atoms with Gasteiger partial charge in [0, 0.05) is 51.3 Å². The predicted molar refractivity (Wildman–Crippen MR) is 233 cm³/mol. The number of hydrogen-bond acceptors (Lipinski definition) is 3. The van der Waals surface area contributed by atoms with Gasteiger partial charge in [0.05, 0.1) is 11.0 Å². The normalized spacial score (nSPS) is 12.8. The zero-order chi connectivity index (χ0) is 37.0. The third-order valence-electron chi connectivity index (χ3n) is 11.1. The van der Waals surface area contributed by atoms with Crippen molar-refractivity contribution < 1.29 is 4.42 Å². The van der Waals surface area contributed by atoms with Crippen LogP contribution in [0.4, 0.5) is 17.1 Å². The van der Waals surface area contributed by atoms with Gasteiger partial charge in [-0.25, -0.2) is 0 Å². The van der Waals surface area contributed by atoms with E-state index in [2.05, 4.69) is 190 Å². The molecule has 4 heteroatoms. The first-order valence-corrected chi connectivity index (χ1v) is 19.1. The van der Waals surface area contributed by atoms with E-state index in [1.807, 2.05) is 18.2 Å². The minimum Gasteiger partial charge on any atom is -0.454 e. The van der Waals surface area contributed by atoms with Gasteiger partial charge in [0.15, 0.2) is 5.58 Å². The third-order valence-corrected chi connectivity index (χ3v) is 11.1. The fraction of sp³-hybridized carbons (Fsp3) is 0.0192. The number of benzene rings is 7. The number of anilines is 3. The second kappa shape index (κ2) is 13.2. The molecule has 0 amide bonds. The van der Waals surface area contributed by atoms with Gasteiger partial charge in [0.2, 0.25) is 0 Å². The van der Waals surface area contributed by atoms with Crippen molar-refractivity contribution in [3.05, 3.63) is 211 Å². The Bertz CT molecular complexity index is 3100. The molecule has 264 valence electrons. The Balaban J connectivity index is 1.04. The van der Waals surface area contributed by atoms with E-state index in [1.165, 1.54) is 54.9 Å². The third kappa shape index (κ3) is 5.50. The van der Waals surface area contributed by atoms with Crippen LogP contribution in [0, 0.1) is 0 Å².